The maximum Gasteiger partial charge on any atom is 0.327 e. The van der Waals surface area contributed by atoms with E-state index >= 15 is 0 Å². The van der Waals surface area contributed by atoms with Gasteiger partial charge in [0.05, 0.1) is 4.75 Å². The summed E-state index contributed by atoms with van der Waals surface area (Å²) < 4.78 is -0.870. The van der Waals surface area contributed by atoms with Crippen LogP contribution in [0, 0.1) is 0 Å². The average molecular weight is 237 g/mol. The van der Waals surface area contributed by atoms with Crippen LogP contribution in [0.2, 0.25) is 0 Å². The first kappa shape index (κ1) is 13.6. The maximum atomic E-state index is 11.6. The summed E-state index contributed by atoms with van der Waals surface area (Å²) >= 11 is 7.97. The van der Waals surface area contributed by atoms with E-state index in [0.29, 0.717) is 0 Å². The van der Waals surface area contributed by atoms with Gasteiger partial charge in [0.15, 0.2) is 0 Å². The molecule has 0 saturated heterocycles. The van der Waals surface area contributed by atoms with Crippen LogP contribution in [0.25, 0.3) is 0 Å². The average Bonchev–Trinajstić information content (AvgIpc) is 2.01. The van der Waals surface area contributed by atoms with E-state index in [9.17, 15) is 9.59 Å². The molecule has 0 spiro atoms. The predicted molar refractivity (Wildman–Crippen MR) is 61.1 cm³/mol. The fraction of sp³-hybridized carbons (Fsp3) is 0.750. The van der Waals surface area contributed by atoms with Gasteiger partial charge in [0.2, 0.25) is 5.91 Å². The molecule has 0 fully saturated rings. The van der Waals surface area contributed by atoms with Crippen LogP contribution in [0.3, 0.4) is 0 Å². The number of carboxylic acids is 1. The van der Waals surface area contributed by atoms with E-state index in [2.05, 4.69) is 25.3 Å². The highest BCUT2D eigenvalue weighted by Gasteiger charge is 2.32. The predicted octanol–water partition coefficient (Wildman–Crippen LogP) is 0.536. The van der Waals surface area contributed by atoms with Crippen LogP contribution < -0.4 is 0 Å². The van der Waals surface area contributed by atoms with Crippen LogP contribution in [0.4, 0.5) is 0 Å². The summed E-state index contributed by atoms with van der Waals surface area (Å²) in [7, 11) is 1.44. The molecule has 0 radical (unpaired) electrons. The number of hydrogen-bond acceptors (Lipinski definition) is 4. The number of aliphatic carboxylic acids is 1. The van der Waals surface area contributed by atoms with Crippen molar-refractivity contribution in [3.63, 3.8) is 0 Å². The van der Waals surface area contributed by atoms with Crippen LogP contribution in [0.5, 0.6) is 0 Å². The normalized spacial score (nSPS) is 13.5. The number of carboxylic acid groups (broad SMARTS) is 1. The lowest BCUT2D eigenvalue weighted by molar-refractivity contribution is -0.148. The fourth-order valence-corrected chi connectivity index (χ4v) is 1.50. The Labute approximate surface area is 94.5 Å². The first-order valence-corrected chi connectivity index (χ1v) is 5.13. The van der Waals surface area contributed by atoms with Gasteiger partial charge in [0, 0.05) is 12.8 Å². The summed E-state index contributed by atoms with van der Waals surface area (Å²) in [5, 5.41) is 8.79. The molecule has 0 aromatic heterocycles. The number of carbonyl (C=O) groups excluding carboxylic acids is 1. The van der Waals surface area contributed by atoms with Gasteiger partial charge in [-0.1, -0.05) is 0 Å². The van der Waals surface area contributed by atoms with Gasteiger partial charge in [-0.2, -0.15) is 25.3 Å². The smallest absolute Gasteiger partial charge is 0.327 e. The minimum Gasteiger partial charge on any atom is -0.480 e. The summed E-state index contributed by atoms with van der Waals surface area (Å²) in [4.78, 5) is 23.5. The summed E-state index contributed by atoms with van der Waals surface area (Å²) in [6.07, 6.45) is 0. The lowest BCUT2D eigenvalue weighted by Gasteiger charge is -2.29. The number of nitrogens with zero attached hydrogens (tertiary/aromatic N) is 1. The molecule has 0 aromatic carbocycles. The second-order valence-corrected chi connectivity index (χ2v) is 4.99. The molecule has 0 aliphatic carbocycles. The molecule has 0 aliphatic heterocycles. The molecular formula is C8H15NO3S2. The van der Waals surface area contributed by atoms with Gasteiger partial charge in [0.1, 0.15) is 6.04 Å². The molecule has 0 aromatic rings. The van der Waals surface area contributed by atoms with Crippen molar-refractivity contribution in [1.82, 2.24) is 4.90 Å². The standard InChI is InChI=1S/C8H15NO3S2/c1-8(2,14)7(12)9(3)5(4-13)6(10)11/h5,13-14H,4H2,1-3H3,(H,10,11). The Hall–Kier alpha value is -0.360. The van der Waals surface area contributed by atoms with Gasteiger partial charge in [-0.15, -0.1) is 0 Å². The third-order valence-electron chi connectivity index (χ3n) is 1.77. The molecule has 6 heteroatoms. The molecular weight excluding hydrogens is 222 g/mol. The van der Waals surface area contributed by atoms with Gasteiger partial charge >= 0.3 is 5.97 Å². The third kappa shape index (κ3) is 3.42. The van der Waals surface area contributed by atoms with E-state index in [0.717, 1.165) is 4.90 Å². The monoisotopic (exact) mass is 237 g/mol. The molecule has 82 valence electrons. The lowest BCUT2D eigenvalue weighted by Crippen LogP contribution is -2.49. The quantitative estimate of drug-likeness (QED) is 0.625. The van der Waals surface area contributed by atoms with E-state index in [1.165, 1.54) is 7.05 Å². The molecule has 1 amide bonds. The van der Waals surface area contributed by atoms with Crippen LogP contribution in [0.1, 0.15) is 13.8 Å². The SMILES string of the molecule is CN(C(=O)C(C)(C)S)C(CS)C(=O)O. The van der Waals surface area contributed by atoms with Gasteiger partial charge in [-0.05, 0) is 13.8 Å². The molecule has 0 heterocycles. The van der Waals surface area contributed by atoms with E-state index in [4.69, 9.17) is 5.11 Å². The van der Waals surface area contributed by atoms with Crippen LogP contribution >= 0.6 is 25.3 Å². The highest BCUT2D eigenvalue weighted by Crippen LogP contribution is 2.17. The molecule has 0 aliphatic rings. The molecule has 0 bridgehead atoms. The van der Waals surface area contributed by atoms with E-state index in [1.807, 2.05) is 0 Å². The van der Waals surface area contributed by atoms with Crippen molar-refractivity contribution >= 4 is 37.1 Å². The molecule has 14 heavy (non-hydrogen) atoms. The molecule has 0 rings (SSSR count). The first-order chi connectivity index (χ1) is 6.21. The van der Waals surface area contributed by atoms with Crippen LogP contribution in [-0.2, 0) is 9.59 Å². The molecule has 1 unspecified atom stereocenters. The Kier molecular flexibility index (Phi) is 4.80. The van der Waals surface area contributed by atoms with E-state index < -0.39 is 16.8 Å². The lowest BCUT2D eigenvalue weighted by atomic mass is 10.1. The third-order valence-corrected chi connectivity index (χ3v) is 2.31. The van der Waals surface area contributed by atoms with Crippen molar-refractivity contribution in [2.75, 3.05) is 12.8 Å². The number of likely N-dealkylation sites (N-methyl/N-ethyl adjacent to an activating group) is 1. The van der Waals surface area contributed by atoms with Gasteiger partial charge in [-0.3, -0.25) is 4.79 Å². The minimum absolute atomic E-state index is 0.0848. The Bertz CT molecular complexity index is 237. The molecule has 1 N–H and O–H groups in total. The first-order valence-electron chi connectivity index (χ1n) is 4.05. The van der Waals surface area contributed by atoms with Gasteiger partial charge in [-0.25, -0.2) is 4.79 Å². The van der Waals surface area contributed by atoms with Crippen molar-refractivity contribution in [2.45, 2.75) is 24.6 Å². The number of carbonyl (C=O) groups is 2. The number of rotatable bonds is 4. The van der Waals surface area contributed by atoms with Crippen molar-refractivity contribution in [3.05, 3.63) is 0 Å². The highest BCUT2D eigenvalue weighted by atomic mass is 32.1. The Morgan fingerprint density at radius 1 is 1.50 bits per heavy atom. The van der Waals surface area contributed by atoms with Crippen molar-refractivity contribution in [2.24, 2.45) is 0 Å². The van der Waals surface area contributed by atoms with E-state index in [1.54, 1.807) is 13.8 Å². The highest BCUT2D eigenvalue weighted by molar-refractivity contribution is 7.82. The zero-order valence-corrected chi connectivity index (χ0v) is 10.2. The van der Waals surface area contributed by atoms with Crippen LogP contribution in [-0.4, -0.2) is 45.5 Å². The molecule has 1 atom stereocenters. The Morgan fingerprint density at radius 2 is 1.93 bits per heavy atom. The zero-order chi connectivity index (χ0) is 11.5. The van der Waals surface area contributed by atoms with Crippen molar-refractivity contribution in [3.8, 4) is 0 Å². The van der Waals surface area contributed by atoms with Gasteiger partial charge < -0.3 is 10.0 Å². The number of amides is 1. The molecule has 0 saturated carbocycles. The Morgan fingerprint density at radius 3 is 2.14 bits per heavy atom. The van der Waals surface area contributed by atoms with Crippen molar-refractivity contribution in [1.29, 1.82) is 0 Å². The fourth-order valence-electron chi connectivity index (χ4n) is 0.939. The summed E-state index contributed by atoms with van der Waals surface area (Å²) in [6.45, 7) is 3.23. The zero-order valence-electron chi connectivity index (χ0n) is 8.39. The second-order valence-electron chi connectivity index (χ2n) is 3.51. The van der Waals surface area contributed by atoms with Gasteiger partial charge in [0.25, 0.3) is 0 Å². The van der Waals surface area contributed by atoms with Crippen LogP contribution in [0.15, 0.2) is 0 Å². The Balaban J connectivity index is 4.68. The largest absolute Gasteiger partial charge is 0.480 e. The topological polar surface area (TPSA) is 57.6 Å². The summed E-state index contributed by atoms with van der Waals surface area (Å²) in [5.41, 5.74) is 0. The summed E-state index contributed by atoms with van der Waals surface area (Å²) in [6, 6.07) is -0.905. The number of thiol groups is 2. The minimum atomic E-state index is -1.06. The number of hydrogen-bond donors (Lipinski definition) is 3. The second kappa shape index (κ2) is 4.93. The maximum absolute atomic E-state index is 11.6. The molecule has 4 nitrogen and oxygen atoms in total. The van der Waals surface area contributed by atoms with E-state index in [-0.39, 0.29) is 11.7 Å². The summed E-state index contributed by atoms with van der Waals surface area (Å²) in [5.74, 6) is -1.31. The van der Waals surface area contributed by atoms with Crippen molar-refractivity contribution < 1.29 is 14.7 Å².